The number of sulfonamides is 1. The number of hydrogen-bond donors (Lipinski definition) is 2. The van der Waals surface area contributed by atoms with E-state index in [9.17, 15) is 13.2 Å². The predicted octanol–water partition coefficient (Wildman–Crippen LogP) is -1.32. The number of amides is 1. The van der Waals surface area contributed by atoms with Gasteiger partial charge in [0, 0.05) is 39.1 Å². The van der Waals surface area contributed by atoms with E-state index in [0.717, 1.165) is 13.0 Å². The van der Waals surface area contributed by atoms with Crippen LogP contribution in [0.3, 0.4) is 0 Å². The molecule has 1 aliphatic rings. The fraction of sp³-hybridized carbons (Fsp3) is 0.917. The third-order valence-corrected chi connectivity index (χ3v) is 5.03. The van der Waals surface area contributed by atoms with Gasteiger partial charge >= 0.3 is 0 Å². The molecule has 0 unspecified atom stereocenters. The van der Waals surface area contributed by atoms with Crippen molar-refractivity contribution in [3.8, 4) is 0 Å². The van der Waals surface area contributed by atoms with E-state index in [-0.39, 0.29) is 18.1 Å². The second kappa shape index (κ2) is 8.56. The van der Waals surface area contributed by atoms with Crippen LogP contribution in [0.5, 0.6) is 0 Å². The molecule has 8 heteroatoms. The lowest BCUT2D eigenvalue weighted by Gasteiger charge is -2.26. The molecule has 1 fully saturated rings. The molecule has 7 nitrogen and oxygen atoms in total. The van der Waals surface area contributed by atoms with Crippen LogP contribution in [0.15, 0.2) is 0 Å². The smallest absolute Gasteiger partial charge is 0.221 e. The first-order chi connectivity index (χ1) is 9.42. The Kier molecular flexibility index (Phi) is 7.42. The van der Waals surface area contributed by atoms with Gasteiger partial charge in [-0.1, -0.05) is 0 Å². The third-order valence-electron chi connectivity index (χ3n) is 3.16. The van der Waals surface area contributed by atoms with E-state index in [2.05, 4.69) is 10.6 Å². The minimum absolute atomic E-state index is 0.0359. The first-order valence-corrected chi connectivity index (χ1v) is 8.63. The maximum atomic E-state index is 12.0. The SMILES string of the molecule is CN(C)CCCNC(=O)CCS(=O)(=O)N1CCNCC1. The van der Waals surface area contributed by atoms with Crippen molar-refractivity contribution in [2.45, 2.75) is 12.8 Å². The second-order valence-corrected chi connectivity index (χ2v) is 7.31. The monoisotopic (exact) mass is 306 g/mol. The fourth-order valence-electron chi connectivity index (χ4n) is 1.98. The van der Waals surface area contributed by atoms with Crippen LogP contribution < -0.4 is 10.6 Å². The largest absolute Gasteiger partial charge is 0.356 e. The van der Waals surface area contributed by atoms with Gasteiger partial charge in [-0.2, -0.15) is 4.31 Å². The first-order valence-electron chi connectivity index (χ1n) is 7.02. The van der Waals surface area contributed by atoms with Crippen molar-refractivity contribution in [2.24, 2.45) is 0 Å². The van der Waals surface area contributed by atoms with Crippen molar-refractivity contribution >= 4 is 15.9 Å². The number of carbonyl (C=O) groups is 1. The summed E-state index contributed by atoms with van der Waals surface area (Å²) in [6.07, 6.45) is 0.900. The molecule has 1 saturated heterocycles. The van der Waals surface area contributed by atoms with Gasteiger partial charge in [-0.25, -0.2) is 8.42 Å². The first kappa shape index (κ1) is 17.4. The van der Waals surface area contributed by atoms with Gasteiger partial charge in [-0.05, 0) is 27.1 Å². The highest BCUT2D eigenvalue weighted by Crippen LogP contribution is 2.04. The number of piperazine rings is 1. The zero-order valence-corrected chi connectivity index (χ0v) is 13.2. The lowest BCUT2D eigenvalue weighted by Crippen LogP contribution is -2.47. The summed E-state index contributed by atoms with van der Waals surface area (Å²) in [4.78, 5) is 13.6. The van der Waals surface area contributed by atoms with Crippen molar-refractivity contribution in [3.63, 3.8) is 0 Å². The van der Waals surface area contributed by atoms with Gasteiger partial charge < -0.3 is 15.5 Å². The molecular formula is C12H26N4O3S. The van der Waals surface area contributed by atoms with Crippen LogP contribution >= 0.6 is 0 Å². The summed E-state index contributed by atoms with van der Waals surface area (Å²) in [5, 5.41) is 5.86. The molecule has 0 spiro atoms. The molecule has 1 aliphatic heterocycles. The van der Waals surface area contributed by atoms with Gasteiger partial charge in [-0.15, -0.1) is 0 Å². The van der Waals surface area contributed by atoms with E-state index in [0.29, 0.717) is 32.7 Å². The lowest BCUT2D eigenvalue weighted by atomic mass is 10.4. The van der Waals surface area contributed by atoms with Crippen molar-refractivity contribution in [1.82, 2.24) is 19.8 Å². The summed E-state index contributed by atoms with van der Waals surface area (Å²) >= 11 is 0. The maximum absolute atomic E-state index is 12.0. The zero-order chi connectivity index (χ0) is 15.0. The molecule has 118 valence electrons. The number of rotatable bonds is 8. The van der Waals surface area contributed by atoms with E-state index in [1.54, 1.807) is 0 Å². The number of nitrogens with one attached hydrogen (secondary N) is 2. The summed E-state index contributed by atoms with van der Waals surface area (Å²) in [5.74, 6) is -0.297. The second-order valence-electron chi connectivity index (χ2n) is 5.22. The molecule has 2 N–H and O–H groups in total. The summed E-state index contributed by atoms with van der Waals surface area (Å²) in [6.45, 7) is 3.83. The van der Waals surface area contributed by atoms with Crippen LogP contribution in [0.25, 0.3) is 0 Å². The van der Waals surface area contributed by atoms with Crippen LogP contribution in [0.1, 0.15) is 12.8 Å². The molecule has 20 heavy (non-hydrogen) atoms. The number of hydrogen-bond acceptors (Lipinski definition) is 5. The van der Waals surface area contributed by atoms with Gasteiger partial charge in [0.1, 0.15) is 0 Å². The predicted molar refractivity (Wildman–Crippen MR) is 79.0 cm³/mol. The summed E-state index contributed by atoms with van der Waals surface area (Å²) in [7, 11) is 0.650. The average Bonchev–Trinajstić information content (AvgIpc) is 2.42. The van der Waals surface area contributed by atoms with Crippen LogP contribution in [0.2, 0.25) is 0 Å². The minimum Gasteiger partial charge on any atom is -0.356 e. The molecule has 0 aromatic heterocycles. The Morgan fingerprint density at radius 2 is 1.95 bits per heavy atom. The number of carbonyl (C=O) groups excluding carboxylic acids is 1. The topological polar surface area (TPSA) is 81.8 Å². The minimum atomic E-state index is -3.30. The molecule has 1 amide bonds. The van der Waals surface area contributed by atoms with Crippen LogP contribution in [-0.4, -0.2) is 82.6 Å². The Labute approximate surface area is 121 Å². The van der Waals surface area contributed by atoms with Gasteiger partial charge in [0.25, 0.3) is 0 Å². The van der Waals surface area contributed by atoms with Crippen molar-refractivity contribution < 1.29 is 13.2 Å². The summed E-state index contributed by atoms with van der Waals surface area (Å²) < 4.78 is 25.5. The van der Waals surface area contributed by atoms with Crippen LogP contribution in [0.4, 0.5) is 0 Å². The molecule has 0 saturated carbocycles. The molecule has 0 radical (unpaired) electrons. The Morgan fingerprint density at radius 1 is 1.30 bits per heavy atom. The summed E-state index contributed by atoms with van der Waals surface area (Å²) in [6, 6.07) is 0. The summed E-state index contributed by atoms with van der Waals surface area (Å²) in [5.41, 5.74) is 0. The molecule has 0 bridgehead atoms. The van der Waals surface area contributed by atoms with E-state index in [1.807, 2.05) is 19.0 Å². The molecule has 0 aliphatic carbocycles. The third kappa shape index (κ3) is 6.65. The van der Waals surface area contributed by atoms with E-state index < -0.39 is 10.0 Å². The molecule has 0 aromatic rings. The van der Waals surface area contributed by atoms with Gasteiger partial charge in [0.2, 0.25) is 15.9 Å². The molecule has 1 heterocycles. The fourth-order valence-corrected chi connectivity index (χ4v) is 3.43. The standard InChI is InChI=1S/C12H26N4O3S/c1-15(2)8-3-5-14-12(17)4-11-20(18,19)16-9-6-13-7-10-16/h13H,3-11H2,1-2H3,(H,14,17). The van der Waals surface area contributed by atoms with Gasteiger partial charge in [0.15, 0.2) is 0 Å². The Bertz CT molecular complexity index is 392. The normalized spacial score (nSPS) is 17.4. The van der Waals surface area contributed by atoms with Gasteiger partial charge in [-0.3, -0.25) is 4.79 Å². The highest BCUT2D eigenvalue weighted by Gasteiger charge is 2.24. The highest BCUT2D eigenvalue weighted by atomic mass is 32.2. The average molecular weight is 306 g/mol. The Balaban J connectivity index is 2.22. The quantitative estimate of drug-likeness (QED) is 0.544. The molecular weight excluding hydrogens is 280 g/mol. The van der Waals surface area contributed by atoms with E-state index in [4.69, 9.17) is 0 Å². The van der Waals surface area contributed by atoms with E-state index in [1.165, 1.54) is 4.31 Å². The highest BCUT2D eigenvalue weighted by molar-refractivity contribution is 7.89. The van der Waals surface area contributed by atoms with Crippen molar-refractivity contribution in [1.29, 1.82) is 0 Å². The lowest BCUT2D eigenvalue weighted by molar-refractivity contribution is -0.120. The van der Waals surface area contributed by atoms with Crippen LogP contribution in [-0.2, 0) is 14.8 Å². The Morgan fingerprint density at radius 3 is 2.55 bits per heavy atom. The Hall–Kier alpha value is -0.700. The van der Waals surface area contributed by atoms with Crippen LogP contribution in [0, 0.1) is 0 Å². The van der Waals surface area contributed by atoms with Gasteiger partial charge in [0.05, 0.1) is 5.75 Å². The van der Waals surface area contributed by atoms with Crippen molar-refractivity contribution in [3.05, 3.63) is 0 Å². The van der Waals surface area contributed by atoms with E-state index >= 15 is 0 Å². The molecule has 0 atom stereocenters. The maximum Gasteiger partial charge on any atom is 0.221 e. The zero-order valence-electron chi connectivity index (χ0n) is 12.4. The number of nitrogens with zero attached hydrogens (tertiary/aromatic N) is 2. The molecule has 1 rings (SSSR count). The molecule has 0 aromatic carbocycles. The van der Waals surface area contributed by atoms with Crippen molar-refractivity contribution in [2.75, 3.05) is 59.1 Å².